The third-order valence-corrected chi connectivity index (χ3v) is 3.94. The SMILES string of the molecule is COCCOCCOCCOC(=O)c1ccc(F)c(S(C)(=O)=O)c1. The molecule has 1 aromatic rings. The highest BCUT2D eigenvalue weighted by molar-refractivity contribution is 7.90. The first kappa shape index (κ1) is 20.5. The van der Waals surface area contributed by atoms with E-state index in [0.717, 1.165) is 24.5 Å². The summed E-state index contributed by atoms with van der Waals surface area (Å²) in [4.78, 5) is 11.3. The van der Waals surface area contributed by atoms with Gasteiger partial charge in [-0.3, -0.25) is 0 Å². The molecule has 136 valence electrons. The molecule has 0 atom stereocenters. The number of hydrogen-bond acceptors (Lipinski definition) is 7. The van der Waals surface area contributed by atoms with Crippen molar-refractivity contribution in [2.24, 2.45) is 0 Å². The number of carbonyl (C=O) groups is 1. The first-order valence-electron chi connectivity index (χ1n) is 7.17. The average molecular weight is 364 g/mol. The Labute approximate surface area is 140 Å². The van der Waals surface area contributed by atoms with Gasteiger partial charge in [0.25, 0.3) is 0 Å². The number of methoxy groups -OCH3 is 1. The van der Waals surface area contributed by atoms with Gasteiger partial charge in [-0.1, -0.05) is 0 Å². The molecule has 0 radical (unpaired) electrons. The highest BCUT2D eigenvalue weighted by Crippen LogP contribution is 2.16. The van der Waals surface area contributed by atoms with E-state index in [4.69, 9.17) is 18.9 Å². The van der Waals surface area contributed by atoms with Crippen LogP contribution in [0.25, 0.3) is 0 Å². The van der Waals surface area contributed by atoms with Crippen molar-refractivity contribution in [2.75, 3.05) is 53.0 Å². The summed E-state index contributed by atoms with van der Waals surface area (Å²) in [6.45, 7) is 1.87. The van der Waals surface area contributed by atoms with Crippen molar-refractivity contribution in [3.63, 3.8) is 0 Å². The minimum Gasteiger partial charge on any atom is -0.460 e. The van der Waals surface area contributed by atoms with Crippen molar-refractivity contribution in [3.05, 3.63) is 29.6 Å². The minimum atomic E-state index is -3.76. The lowest BCUT2D eigenvalue weighted by Crippen LogP contribution is -2.14. The molecule has 0 amide bonds. The molecule has 0 unspecified atom stereocenters. The molecule has 0 heterocycles. The Morgan fingerprint density at radius 3 is 2.21 bits per heavy atom. The van der Waals surface area contributed by atoms with Crippen molar-refractivity contribution in [1.82, 2.24) is 0 Å². The summed E-state index contributed by atoms with van der Waals surface area (Å²) >= 11 is 0. The van der Waals surface area contributed by atoms with E-state index < -0.39 is 26.5 Å². The Hall–Kier alpha value is -1.55. The second-order valence-electron chi connectivity index (χ2n) is 4.77. The van der Waals surface area contributed by atoms with E-state index >= 15 is 0 Å². The Balaban J connectivity index is 2.34. The zero-order valence-corrected chi connectivity index (χ0v) is 14.4. The standard InChI is InChI=1S/C15H21FO7S/c1-20-5-6-21-7-8-22-9-10-23-15(17)12-3-4-13(16)14(11-12)24(2,18)19/h3-4,11H,5-10H2,1-2H3. The second-order valence-corrected chi connectivity index (χ2v) is 6.75. The third kappa shape index (κ3) is 7.35. The molecule has 1 aromatic carbocycles. The lowest BCUT2D eigenvalue weighted by Gasteiger charge is -2.08. The predicted octanol–water partition coefficient (Wildman–Crippen LogP) is 1.07. The number of rotatable bonds is 11. The van der Waals surface area contributed by atoms with Gasteiger partial charge in [0, 0.05) is 13.4 Å². The van der Waals surface area contributed by atoms with E-state index in [-0.39, 0.29) is 18.8 Å². The molecule has 9 heteroatoms. The van der Waals surface area contributed by atoms with Crippen molar-refractivity contribution in [1.29, 1.82) is 0 Å². The van der Waals surface area contributed by atoms with E-state index in [0.29, 0.717) is 26.4 Å². The van der Waals surface area contributed by atoms with E-state index in [1.165, 1.54) is 0 Å². The quantitative estimate of drug-likeness (QED) is 0.429. The summed E-state index contributed by atoms with van der Waals surface area (Å²) < 4.78 is 56.4. The molecule has 0 spiro atoms. The molecule has 24 heavy (non-hydrogen) atoms. The number of hydrogen-bond donors (Lipinski definition) is 0. The summed E-state index contributed by atoms with van der Waals surface area (Å²) in [7, 11) is -2.18. The highest BCUT2D eigenvalue weighted by Gasteiger charge is 2.17. The summed E-state index contributed by atoms with van der Waals surface area (Å²) in [5.74, 6) is -1.66. The fourth-order valence-corrected chi connectivity index (χ4v) is 2.42. The predicted molar refractivity (Wildman–Crippen MR) is 83.3 cm³/mol. The van der Waals surface area contributed by atoms with Crippen LogP contribution in [0.2, 0.25) is 0 Å². The normalized spacial score (nSPS) is 11.5. The van der Waals surface area contributed by atoms with Crippen LogP contribution < -0.4 is 0 Å². The van der Waals surface area contributed by atoms with Gasteiger partial charge in [0.05, 0.1) is 38.6 Å². The number of esters is 1. The molecule has 0 aliphatic carbocycles. The van der Waals surface area contributed by atoms with Gasteiger partial charge in [0.1, 0.15) is 17.3 Å². The Morgan fingerprint density at radius 2 is 1.62 bits per heavy atom. The summed E-state index contributed by atoms with van der Waals surface area (Å²) in [6, 6.07) is 3.04. The van der Waals surface area contributed by atoms with Gasteiger partial charge in [-0.2, -0.15) is 0 Å². The molecule has 0 saturated heterocycles. The van der Waals surface area contributed by atoms with Crippen LogP contribution in [0.15, 0.2) is 23.1 Å². The lowest BCUT2D eigenvalue weighted by molar-refractivity contribution is 0.00569. The number of carbonyl (C=O) groups excluding carboxylic acids is 1. The smallest absolute Gasteiger partial charge is 0.338 e. The molecule has 0 saturated carbocycles. The number of benzene rings is 1. The zero-order valence-electron chi connectivity index (χ0n) is 13.6. The van der Waals surface area contributed by atoms with Gasteiger partial charge in [-0.15, -0.1) is 0 Å². The Bertz CT molecular complexity index is 631. The van der Waals surface area contributed by atoms with Crippen LogP contribution in [0.3, 0.4) is 0 Å². The molecule has 0 bridgehead atoms. The average Bonchev–Trinajstić information content (AvgIpc) is 2.52. The molecular weight excluding hydrogens is 343 g/mol. The van der Waals surface area contributed by atoms with Crippen LogP contribution in [0.1, 0.15) is 10.4 Å². The lowest BCUT2D eigenvalue weighted by atomic mass is 10.2. The topological polar surface area (TPSA) is 88.1 Å². The second kappa shape index (κ2) is 10.3. The zero-order chi connectivity index (χ0) is 18.0. The molecule has 0 fully saturated rings. The van der Waals surface area contributed by atoms with Crippen molar-refractivity contribution < 1.29 is 36.6 Å². The molecule has 1 rings (SSSR count). The van der Waals surface area contributed by atoms with Gasteiger partial charge >= 0.3 is 5.97 Å². The highest BCUT2D eigenvalue weighted by atomic mass is 32.2. The molecular formula is C15H21FO7S. The van der Waals surface area contributed by atoms with Crippen molar-refractivity contribution >= 4 is 15.8 Å². The molecule has 7 nitrogen and oxygen atoms in total. The van der Waals surface area contributed by atoms with Gasteiger partial charge in [-0.05, 0) is 18.2 Å². The first-order valence-corrected chi connectivity index (χ1v) is 9.06. The summed E-state index contributed by atoms with van der Waals surface area (Å²) in [6.07, 6.45) is 0.864. The van der Waals surface area contributed by atoms with Crippen LogP contribution in [0, 0.1) is 5.82 Å². The maximum Gasteiger partial charge on any atom is 0.338 e. The molecule has 0 aliphatic heterocycles. The number of ether oxygens (including phenoxy) is 4. The maximum absolute atomic E-state index is 13.5. The Kier molecular flexibility index (Phi) is 8.83. The third-order valence-electron chi connectivity index (χ3n) is 2.83. The fraction of sp³-hybridized carbons (Fsp3) is 0.533. The van der Waals surface area contributed by atoms with Gasteiger partial charge in [-0.25, -0.2) is 17.6 Å². The Morgan fingerprint density at radius 1 is 1.04 bits per heavy atom. The van der Waals surface area contributed by atoms with Crippen LogP contribution >= 0.6 is 0 Å². The van der Waals surface area contributed by atoms with Crippen LogP contribution in [-0.2, 0) is 28.8 Å². The van der Waals surface area contributed by atoms with E-state index in [1.807, 2.05) is 0 Å². The maximum atomic E-state index is 13.5. The van der Waals surface area contributed by atoms with Crippen molar-refractivity contribution in [3.8, 4) is 0 Å². The van der Waals surface area contributed by atoms with E-state index in [9.17, 15) is 17.6 Å². The van der Waals surface area contributed by atoms with Gasteiger partial charge in [0.15, 0.2) is 9.84 Å². The van der Waals surface area contributed by atoms with E-state index in [2.05, 4.69) is 0 Å². The fourth-order valence-electron chi connectivity index (χ4n) is 1.66. The van der Waals surface area contributed by atoms with Crippen LogP contribution in [-0.4, -0.2) is 67.4 Å². The minimum absolute atomic E-state index is 0.0114. The first-order chi connectivity index (χ1) is 11.4. The van der Waals surface area contributed by atoms with Crippen LogP contribution in [0.5, 0.6) is 0 Å². The molecule has 0 N–H and O–H groups in total. The number of halogens is 1. The largest absolute Gasteiger partial charge is 0.460 e. The van der Waals surface area contributed by atoms with Crippen molar-refractivity contribution in [2.45, 2.75) is 4.90 Å². The molecule has 0 aromatic heterocycles. The van der Waals surface area contributed by atoms with Gasteiger partial charge in [0.2, 0.25) is 0 Å². The van der Waals surface area contributed by atoms with E-state index in [1.54, 1.807) is 7.11 Å². The summed E-state index contributed by atoms with van der Waals surface area (Å²) in [5.41, 5.74) is -0.0419. The monoisotopic (exact) mass is 364 g/mol. The summed E-state index contributed by atoms with van der Waals surface area (Å²) in [5, 5.41) is 0. The molecule has 0 aliphatic rings. The number of sulfone groups is 1. The van der Waals surface area contributed by atoms with Crippen LogP contribution in [0.4, 0.5) is 4.39 Å². The van der Waals surface area contributed by atoms with Gasteiger partial charge < -0.3 is 18.9 Å².